The first-order valence-corrected chi connectivity index (χ1v) is 8.00. The maximum absolute atomic E-state index is 11.8. The van der Waals surface area contributed by atoms with Gasteiger partial charge in [0.2, 0.25) is 5.91 Å². The van der Waals surface area contributed by atoms with Crippen molar-refractivity contribution in [2.75, 3.05) is 13.2 Å². The third-order valence-corrected chi connectivity index (χ3v) is 4.06. The van der Waals surface area contributed by atoms with E-state index in [-0.39, 0.29) is 18.6 Å². The Balaban J connectivity index is 1.40. The minimum atomic E-state index is -0.0561. The maximum Gasteiger partial charge on any atom is 0.246 e. The van der Waals surface area contributed by atoms with Crippen molar-refractivity contribution in [1.82, 2.24) is 19.9 Å². The van der Waals surface area contributed by atoms with Crippen LogP contribution in [0.5, 0.6) is 0 Å². The molecule has 1 N–H and O–H groups in total. The Morgan fingerprint density at radius 1 is 1.27 bits per heavy atom. The Bertz CT molecular complexity index is 619. The summed E-state index contributed by atoms with van der Waals surface area (Å²) in [6.07, 6.45) is 8.73. The van der Waals surface area contributed by atoms with Gasteiger partial charge in [0.15, 0.2) is 5.65 Å². The van der Waals surface area contributed by atoms with Gasteiger partial charge >= 0.3 is 0 Å². The van der Waals surface area contributed by atoms with Gasteiger partial charge in [0.25, 0.3) is 0 Å². The minimum absolute atomic E-state index is 0.0561. The van der Waals surface area contributed by atoms with Crippen molar-refractivity contribution in [1.29, 1.82) is 0 Å². The fourth-order valence-corrected chi connectivity index (χ4v) is 2.85. The van der Waals surface area contributed by atoms with Crippen molar-refractivity contribution in [3.8, 4) is 0 Å². The topological polar surface area (TPSA) is 68.5 Å². The molecule has 3 rings (SSSR count). The summed E-state index contributed by atoms with van der Waals surface area (Å²) in [5, 5.41) is 11.1. The number of nitrogens with one attached hydrogen (secondary N) is 1. The lowest BCUT2D eigenvalue weighted by molar-refractivity contribution is -0.128. The second-order valence-electron chi connectivity index (χ2n) is 5.72. The Morgan fingerprint density at radius 3 is 3.00 bits per heavy atom. The molecular weight excluding hydrogens is 280 g/mol. The molecule has 1 saturated carbocycles. The molecule has 0 aliphatic heterocycles. The number of carbonyl (C=O) groups excluding carboxylic acids is 1. The van der Waals surface area contributed by atoms with E-state index in [0.29, 0.717) is 13.0 Å². The zero-order valence-electron chi connectivity index (χ0n) is 12.7. The van der Waals surface area contributed by atoms with Gasteiger partial charge in [-0.3, -0.25) is 9.20 Å². The fraction of sp³-hybridized carbons (Fsp3) is 0.562. The molecule has 6 nitrogen and oxygen atoms in total. The number of fused-ring (bicyclic) bond motifs is 1. The molecule has 1 aliphatic carbocycles. The van der Waals surface area contributed by atoms with Crippen LogP contribution in [0, 0.1) is 0 Å². The molecule has 1 fully saturated rings. The van der Waals surface area contributed by atoms with Gasteiger partial charge in [-0.05, 0) is 25.0 Å². The van der Waals surface area contributed by atoms with Gasteiger partial charge < -0.3 is 10.1 Å². The highest BCUT2D eigenvalue weighted by Crippen LogP contribution is 2.19. The predicted molar refractivity (Wildman–Crippen MR) is 82.5 cm³/mol. The quantitative estimate of drug-likeness (QED) is 0.882. The van der Waals surface area contributed by atoms with Crippen LogP contribution >= 0.6 is 0 Å². The van der Waals surface area contributed by atoms with Gasteiger partial charge in [0.05, 0.1) is 6.10 Å². The highest BCUT2D eigenvalue weighted by Gasteiger charge is 2.15. The number of aromatic nitrogens is 3. The Labute approximate surface area is 129 Å². The summed E-state index contributed by atoms with van der Waals surface area (Å²) in [7, 11) is 0. The van der Waals surface area contributed by atoms with E-state index in [4.69, 9.17) is 4.74 Å². The van der Waals surface area contributed by atoms with E-state index in [1.54, 1.807) is 0 Å². The molecular formula is C16H22N4O2. The van der Waals surface area contributed by atoms with Crippen molar-refractivity contribution in [2.24, 2.45) is 0 Å². The predicted octanol–water partition coefficient (Wildman–Crippen LogP) is 1.74. The minimum Gasteiger partial charge on any atom is -0.368 e. The first-order valence-electron chi connectivity index (χ1n) is 8.00. The molecule has 0 radical (unpaired) electrons. The first kappa shape index (κ1) is 15.0. The van der Waals surface area contributed by atoms with Gasteiger partial charge in [-0.25, -0.2) is 0 Å². The van der Waals surface area contributed by atoms with Crippen LogP contribution in [0.1, 0.15) is 37.9 Å². The number of carbonyl (C=O) groups is 1. The van der Waals surface area contributed by atoms with Gasteiger partial charge in [0, 0.05) is 19.2 Å². The summed E-state index contributed by atoms with van der Waals surface area (Å²) in [5.41, 5.74) is 0.824. The lowest BCUT2D eigenvalue weighted by atomic mass is 9.98. The number of hydrogen-bond donors (Lipinski definition) is 1. The lowest BCUT2D eigenvalue weighted by Gasteiger charge is -2.21. The number of rotatable bonds is 6. The molecule has 118 valence electrons. The van der Waals surface area contributed by atoms with E-state index in [2.05, 4.69) is 15.5 Å². The summed E-state index contributed by atoms with van der Waals surface area (Å²) in [5.74, 6) is 0.795. The Kier molecular flexibility index (Phi) is 5.00. The first-order chi connectivity index (χ1) is 10.8. The highest BCUT2D eigenvalue weighted by atomic mass is 16.5. The van der Waals surface area contributed by atoms with Crippen LogP contribution < -0.4 is 5.32 Å². The molecule has 22 heavy (non-hydrogen) atoms. The van der Waals surface area contributed by atoms with Gasteiger partial charge in [-0.2, -0.15) is 0 Å². The summed E-state index contributed by atoms with van der Waals surface area (Å²) in [4.78, 5) is 11.8. The third-order valence-electron chi connectivity index (χ3n) is 4.06. The van der Waals surface area contributed by atoms with E-state index in [0.717, 1.165) is 24.3 Å². The maximum atomic E-state index is 11.8. The highest BCUT2D eigenvalue weighted by molar-refractivity contribution is 5.77. The Hall–Kier alpha value is -1.95. The van der Waals surface area contributed by atoms with Crippen molar-refractivity contribution in [2.45, 2.75) is 44.6 Å². The molecule has 0 unspecified atom stereocenters. The van der Waals surface area contributed by atoms with Crippen LogP contribution in [0.25, 0.3) is 5.65 Å². The van der Waals surface area contributed by atoms with Crippen LogP contribution in [0.2, 0.25) is 0 Å². The monoisotopic (exact) mass is 302 g/mol. The number of amides is 1. The normalized spacial score (nSPS) is 16.0. The summed E-state index contributed by atoms with van der Waals surface area (Å²) >= 11 is 0. The average molecular weight is 302 g/mol. The number of pyridine rings is 1. The second kappa shape index (κ2) is 7.35. The molecule has 0 atom stereocenters. The molecule has 1 aliphatic rings. The fourth-order valence-electron chi connectivity index (χ4n) is 2.85. The largest absolute Gasteiger partial charge is 0.368 e. The van der Waals surface area contributed by atoms with Crippen LogP contribution in [-0.2, 0) is 16.0 Å². The summed E-state index contributed by atoms with van der Waals surface area (Å²) in [6.45, 7) is 0.702. The van der Waals surface area contributed by atoms with Crippen molar-refractivity contribution >= 4 is 11.6 Å². The SMILES string of the molecule is O=C(COC1CCCCC1)NCCc1nnc2ccccn12. The van der Waals surface area contributed by atoms with Crippen LogP contribution in [0.4, 0.5) is 0 Å². The molecule has 0 spiro atoms. The van der Waals surface area contributed by atoms with E-state index in [9.17, 15) is 4.79 Å². The standard InChI is InChI=1S/C16H22N4O2/c21-16(12-22-13-6-2-1-3-7-13)17-10-9-15-19-18-14-8-4-5-11-20(14)15/h4-5,8,11,13H,1-3,6-7,9-10,12H2,(H,17,21). The van der Waals surface area contributed by atoms with E-state index in [1.165, 1.54) is 19.3 Å². The van der Waals surface area contributed by atoms with Crippen molar-refractivity contribution in [3.05, 3.63) is 30.2 Å². The second-order valence-corrected chi connectivity index (χ2v) is 5.72. The van der Waals surface area contributed by atoms with E-state index < -0.39 is 0 Å². The Morgan fingerprint density at radius 2 is 2.14 bits per heavy atom. The van der Waals surface area contributed by atoms with Gasteiger partial charge in [-0.1, -0.05) is 25.3 Å². The zero-order chi connectivity index (χ0) is 15.2. The number of nitrogens with zero attached hydrogens (tertiary/aromatic N) is 3. The van der Waals surface area contributed by atoms with Crippen LogP contribution in [0.3, 0.4) is 0 Å². The molecule has 2 aromatic heterocycles. The van der Waals surface area contributed by atoms with Gasteiger partial charge in [0.1, 0.15) is 12.4 Å². The van der Waals surface area contributed by atoms with Crippen molar-refractivity contribution < 1.29 is 9.53 Å². The number of ether oxygens (including phenoxy) is 1. The van der Waals surface area contributed by atoms with Crippen LogP contribution in [0.15, 0.2) is 24.4 Å². The number of hydrogen-bond acceptors (Lipinski definition) is 4. The third kappa shape index (κ3) is 3.82. The molecule has 2 heterocycles. The van der Waals surface area contributed by atoms with Crippen LogP contribution in [-0.4, -0.2) is 39.8 Å². The summed E-state index contributed by atoms with van der Waals surface area (Å²) in [6, 6.07) is 5.78. The van der Waals surface area contributed by atoms with Crippen molar-refractivity contribution in [3.63, 3.8) is 0 Å². The molecule has 0 saturated heterocycles. The molecule has 6 heteroatoms. The smallest absolute Gasteiger partial charge is 0.246 e. The lowest BCUT2D eigenvalue weighted by Crippen LogP contribution is -2.32. The molecule has 0 aromatic carbocycles. The molecule has 0 bridgehead atoms. The van der Waals surface area contributed by atoms with E-state index in [1.807, 2.05) is 28.8 Å². The zero-order valence-corrected chi connectivity index (χ0v) is 12.7. The van der Waals surface area contributed by atoms with E-state index >= 15 is 0 Å². The molecule has 1 amide bonds. The summed E-state index contributed by atoms with van der Waals surface area (Å²) < 4.78 is 7.59. The average Bonchev–Trinajstić information content (AvgIpc) is 2.97. The molecule has 2 aromatic rings. The van der Waals surface area contributed by atoms with Gasteiger partial charge in [-0.15, -0.1) is 10.2 Å².